The second-order valence-electron chi connectivity index (χ2n) is 3.47. The van der Waals surface area contributed by atoms with Crippen molar-refractivity contribution in [1.29, 1.82) is 0 Å². The molecule has 0 aromatic rings. The maximum absolute atomic E-state index is 10.8. The van der Waals surface area contributed by atoms with Crippen LogP contribution in [-0.4, -0.2) is 43.6 Å². The van der Waals surface area contributed by atoms with Crippen LogP contribution in [0.2, 0.25) is 0 Å². The van der Waals surface area contributed by atoms with Gasteiger partial charge in [0.1, 0.15) is 0 Å². The van der Waals surface area contributed by atoms with Crippen LogP contribution in [0.3, 0.4) is 0 Å². The Morgan fingerprint density at radius 2 is 2.00 bits per heavy atom. The molecule has 13 heavy (non-hydrogen) atoms. The van der Waals surface area contributed by atoms with Gasteiger partial charge < -0.3 is 9.80 Å². The topological polar surface area (TPSA) is 29.1 Å². The molecule has 1 amide bonds. The minimum atomic E-state index is -0.0845. The van der Waals surface area contributed by atoms with Gasteiger partial charge in [-0.2, -0.15) is 0 Å². The first-order valence-corrected chi connectivity index (χ1v) is 4.81. The van der Waals surface area contributed by atoms with Crippen LogP contribution in [0, 0.1) is 0 Å². The van der Waals surface area contributed by atoms with E-state index in [0.29, 0.717) is 0 Å². The van der Waals surface area contributed by atoms with Crippen LogP contribution in [-0.2, 0) is 4.79 Å². The second kappa shape index (κ2) is 5.75. The SMILES string of the molecule is C=CC(=O)NCC[N+](C)(CC)CC. The lowest BCUT2D eigenvalue weighted by molar-refractivity contribution is -0.904. The molecule has 0 saturated carbocycles. The summed E-state index contributed by atoms with van der Waals surface area (Å²) >= 11 is 0. The van der Waals surface area contributed by atoms with E-state index in [-0.39, 0.29) is 5.91 Å². The molecule has 0 unspecified atom stereocenters. The van der Waals surface area contributed by atoms with Gasteiger partial charge in [0, 0.05) is 0 Å². The minimum Gasteiger partial charge on any atom is -0.347 e. The highest BCUT2D eigenvalue weighted by atomic mass is 16.1. The predicted molar refractivity (Wildman–Crippen MR) is 55.3 cm³/mol. The van der Waals surface area contributed by atoms with Gasteiger partial charge in [-0.1, -0.05) is 6.58 Å². The molecular weight excluding hydrogens is 164 g/mol. The third-order valence-electron chi connectivity index (χ3n) is 2.66. The number of nitrogens with zero attached hydrogens (tertiary/aromatic N) is 1. The van der Waals surface area contributed by atoms with E-state index in [1.807, 2.05) is 0 Å². The summed E-state index contributed by atoms with van der Waals surface area (Å²) in [7, 11) is 2.19. The Morgan fingerprint density at radius 1 is 1.46 bits per heavy atom. The van der Waals surface area contributed by atoms with Crippen molar-refractivity contribution < 1.29 is 9.28 Å². The zero-order valence-corrected chi connectivity index (χ0v) is 8.97. The molecule has 3 heteroatoms. The minimum absolute atomic E-state index is 0.0845. The fraction of sp³-hybridized carbons (Fsp3) is 0.700. The van der Waals surface area contributed by atoms with Crippen LogP contribution in [0.5, 0.6) is 0 Å². The summed E-state index contributed by atoms with van der Waals surface area (Å²) in [6, 6.07) is 0. The lowest BCUT2D eigenvalue weighted by Crippen LogP contribution is -2.48. The summed E-state index contributed by atoms with van der Waals surface area (Å²) in [6.07, 6.45) is 1.31. The monoisotopic (exact) mass is 185 g/mol. The van der Waals surface area contributed by atoms with Gasteiger partial charge in [0.25, 0.3) is 0 Å². The first-order chi connectivity index (χ1) is 6.08. The number of amides is 1. The van der Waals surface area contributed by atoms with E-state index >= 15 is 0 Å². The first kappa shape index (κ1) is 12.2. The molecule has 1 N–H and O–H groups in total. The lowest BCUT2D eigenvalue weighted by Gasteiger charge is -2.32. The van der Waals surface area contributed by atoms with E-state index in [4.69, 9.17) is 0 Å². The molecule has 3 nitrogen and oxygen atoms in total. The van der Waals surface area contributed by atoms with Gasteiger partial charge in [0.2, 0.25) is 5.91 Å². The molecule has 76 valence electrons. The van der Waals surface area contributed by atoms with Gasteiger partial charge in [-0.25, -0.2) is 0 Å². The number of rotatable bonds is 6. The molecule has 0 heterocycles. The Bertz CT molecular complexity index is 174. The molecule has 0 fully saturated rings. The average molecular weight is 185 g/mol. The van der Waals surface area contributed by atoms with Gasteiger partial charge in [-0.3, -0.25) is 4.79 Å². The molecule has 0 aliphatic carbocycles. The Hall–Kier alpha value is -0.830. The van der Waals surface area contributed by atoms with Crippen LogP contribution in [0.15, 0.2) is 12.7 Å². The van der Waals surface area contributed by atoms with Crippen molar-refractivity contribution >= 4 is 5.91 Å². The van der Waals surface area contributed by atoms with Gasteiger partial charge in [0.05, 0.1) is 33.2 Å². The Labute approximate surface area is 81.0 Å². The Balaban J connectivity index is 3.73. The number of carbonyl (C=O) groups excluding carboxylic acids is 1. The van der Waals surface area contributed by atoms with Crippen molar-refractivity contribution in [3.63, 3.8) is 0 Å². The number of likely N-dealkylation sites (N-methyl/N-ethyl adjacent to an activating group) is 1. The molecule has 0 aliphatic heterocycles. The number of hydrogen-bond donors (Lipinski definition) is 1. The maximum atomic E-state index is 10.8. The Morgan fingerprint density at radius 3 is 2.38 bits per heavy atom. The quantitative estimate of drug-likeness (QED) is 0.481. The van der Waals surface area contributed by atoms with Crippen LogP contribution in [0.4, 0.5) is 0 Å². The van der Waals surface area contributed by atoms with E-state index in [1.54, 1.807) is 0 Å². The number of hydrogen-bond acceptors (Lipinski definition) is 1. The van der Waals surface area contributed by atoms with Crippen LogP contribution in [0.1, 0.15) is 13.8 Å². The summed E-state index contributed by atoms with van der Waals surface area (Å²) in [5.74, 6) is -0.0845. The van der Waals surface area contributed by atoms with Crippen molar-refractivity contribution in [2.45, 2.75) is 13.8 Å². The smallest absolute Gasteiger partial charge is 0.243 e. The number of nitrogens with one attached hydrogen (secondary N) is 1. The van der Waals surface area contributed by atoms with Crippen molar-refractivity contribution in [3.05, 3.63) is 12.7 Å². The van der Waals surface area contributed by atoms with E-state index in [9.17, 15) is 4.79 Å². The summed E-state index contributed by atoms with van der Waals surface area (Å²) in [4.78, 5) is 10.8. The van der Waals surface area contributed by atoms with Crippen molar-refractivity contribution in [2.75, 3.05) is 33.2 Å². The molecule has 0 radical (unpaired) electrons. The van der Waals surface area contributed by atoms with Gasteiger partial charge in [-0.15, -0.1) is 0 Å². The van der Waals surface area contributed by atoms with E-state index in [1.165, 1.54) is 6.08 Å². The zero-order valence-electron chi connectivity index (χ0n) is 8.97. The van der Waals surface area contributed by atoms with Crippen LogP contribution >= 0.6 is 0 Å². The zero-order chi connectivity index (χ0) is 10.3. The molecule has 0 atom stereocenters. The largest absolute Gasteiger partial charge is 0.347 e. The molecule has 0 bridgehead atoms. The van der Waals surface area contributed by atoms with Crippen molar-refractivity contribution in [2.24, 2.45) is 0 Å². The second-order valence-corrected chi connectivity index (χ2v) is 3.47. The van der Waals surface area contributed by atoms with Crippen LogP contribution in [0.25, 0.3) is 0 Å². The van der Waals surface area contributed by atoms with Crippen molar-refractivity contribution in [1.82, 2.24) is 5.32 Å². The van der Waals surface area contributed by atoms with Gasteiger partial charge in [0.15, 0.2) is 0 Å². The maximum Gasteiger partial charge on any atom is 0.243 e. The summed E-state index contributed by atoms with van der Waals surface area (Å²) in [5.41, 5.74) is 0. The Kier molecular flexibility index (Phi) is 5.39. The third-order valence-corrected chi connectivity index (χ3v) is 2.66. The average Bonchev–Trinajstić information content (AvgIpc) is 2.17. The molecule has 0 saturated heterocycles. The molecule has 0 aromatic heterocycles. The highest BCUT2D eigenvalue weighted by Crippen LogP contribution is 1.98. The molecule has 0 spiro atoms. The lowest BCUT2D eigenvalue weighted by atomic mass is 10.4. The van der Waals surface area contributed by atoms with Crippen LogP contribution < -0.4 is 5.32 Å². The third kappa shape index (κ3) is 4.68. The van der Waals surface area contributed by atoms with E-state index in [0.717, 1.165) is 30.7 Å². The molecular formula is C10H21N2O+. The first-order valence-electron chi connectivity index (χ1n) is 4.81. The molecule has 0 aliphatic rings. The summed E-state index contributed by atoms with van der Waals surface area (Å²) < 4.78 is 0.997. The molecule has 0 rings (SSSR count). The summed E-state index contributed by atoms with van der Waals surface area (Å²) in [6.45, 7) is 11.6. The fourth-order valence-electron chi connectivity index (χ4n) is 1.06. The number of quaternary nitrogens is 1. The normalized spacial score (nSPS) is 11.0. The van der Waals surface area contributed by atoms with Gasteiger partial charge in [-0.05, 0) is 19.9 Å². The number of carbonyl (C=O) groups is 1. The highest BCUT2D eigenvalue weighted by molar-refractivity contribution is 5.86. The van der Waals surface area contributed by atoms with E-state index in [2.05, 4.69) is 32.8 Å². The fourth-order valence-corrected chi connectivity index (χ4v) is 1.06. The van der Waals surface area contributed by atoms with Gasteiger partial charge >= 0.3 is 0 Å². The molecule has 0 aromatic carbocycles. The predicted octanol–water partition coefficient (Wildman–Crippen LogP) is 0.775. The highest BCUT2D eigenvalue weighted by Gasteiger charge is 2.15. The van der Waals surface area contributed by atoms with E-state index < -0.39 is 0 Å². The van der Waals surface area contributed by atoms with Crippen molar-refractivity contribution in [3.8, 4) is 0 Å². The summed E-state index contributed by atoms with van der Waals surface area (Å²) in [5, 5.41) is 2.78. The standard InChI is InChI=1S/C10H20N2O/c1-5-10(13)11-8-9-12(4,6-2)7-3/h5H,1,6-9H2,2-4H3/p+1.